The van der Waals surface area contributed by atoms with Gasteiger partial charge in [-0.3, -0.25) is 0 Å². The van der Waals surface area contributed by atoms with Crippen LogP contribution in [0.15, 0.2) is 24.3 Å². The van der Waals surface area contributed by atoms with Crippen molar-refractivity contribution in [3.8, 4) is 17.0 Å². The molecule has 0 spiro atoms. The molecule has 3 aromatic rings. The van der Waals surface area contributed by atoms with E-state index in [9.17, 15) is 0 Å². The fourth-order valence-corrected chi connectivity index (χ4v) is 3.79. The Labute approximate surface area is 175 Å². The van der Waals surface area contributed by atoms with E-state index in [0.717, 1.165) is 35.7 Å². The second kappa shape index (κ2) is 8.08. The highest BCUT2D eigenvalue weighted by Crippen LogP contribution is 2.35. The van der Waals surface area contributed by atoms with Crippen molar-refractivity contribution in [2.75, 3.05) is 44.5 Å². The van der Waals surface area contributed by atoms with Crippen molar-refractivity contribution in [2.45, 2.75) is 19.8 Å². The highest BCUT2D eigenvalue weighted by atomic mass is 35.5. The number of nitrogens with zero attached hydrogens (tertiary/aromatic N) is 4. The Bertz CT molecular complexity index is 1030. The van der Waals surface area contributed by atoms with Gasteiger partial charge in [-0.1, -0.05) is 11.6 Å². The molecule has 0 unspecified atom stereocenters. The molecule has 1 aliphatic carbocycles. The van der Waals surface area contributed by atoms with Crippen molar-refractivity contribution in [3.05, 3.63) is 34.9 Å². The van der Waals surface area contributed by atoms with Gasteiger partial charge >= 0.3 is 0 Å². The van der Waals surface area contributed by atoms with E-state index in [0.29, 0.717) is 34.8 Å². The van der Waals surface area contributed by atoms with Crippen LogP contribution in [0.25, 0.3) is 16.9 Å². The molecule has 1 aliphatic rings. The van der Waals surface area contributed by atoms with Gasteiger partial charge in [0.25, 0.3) is 0 Å². The van der Waals surface area contributed by atoms with Crippen LogP contribution in [0.4, 0.5) is 11.6 Å². The van der Waals surface area contributed by atoms with Crippen LogP contribution < -0.4 is 15.4 Å². The zero-order valence-corrected chi connectivity index (χ0v) is 17.7. The Morgan fingerprint density at radius 3 is 2.72 bits per heavy atom. The van der Waals surface area contributed by atoms with Crippen LogP contribution in [0.5, 0.6) is 5.75 Å². The van der Waals surface area contributed by atoms with Gasteiger partial charge in [-0.05, 0) is 43.9 Å². The summed E-state index contributed by atoms with van der Waals surface area (Å²) in [4.78, 5) is 6.87. The Kier molecular flexibility index (Phi) is 5.52. The number of nitrogens with two attached hydrogens (primary N) is 1. The summed E-state index contributed by atoms with van der Waals surface area (Å²) in [5.74, 6) is 2.89. The number of rotatable bonds is 8. The molecule has 0 aliphatic heterocycles. The van der Waals surface area contributed by atoms with Gasteiger partial charge in [-0.2, -0.15) is 9.61 Å². The fraction of sp³-hybridized carbons (Fsp3) is 0.429. The molecule has 0 radical (unpaired) electrons. The molecule has 8 heteroatoms. The third-order valence-electron chi connectivity index (χ3n) is 5.34. The van der Waals surface area contributed by atoms with E-state index < -0.39 is 0 Å². The van der Waals surface area contributed by atoms with Crippen molar-refractivity contribution in [3.63, 3.8) is 0 Å². The van der Waals surface area contributed by atoms with Crippen molar-refractivity contribution in [2.24, 2.45) is 5.92 Å². The molecule has 7 nitrogen and oxygen atoms in total. The van der Waals surface area contributed by atoms with E-state index >= 15 is 0 Å². The highest BCUT2D eigenvalue weighted by molar-refractivity contribution is 6.33. The molecule has 154 valence electrons. The number of hydrogen-bond acceptors (Lipinski definition) is 6. The normalized spacial score (nSPS) is 13.8. The largest absolute Gasteiger partial charge is 0.497 e. The van der Waals surface area contributed by atoms with Crippen LogP contribution in [0.3, 0.4) is 0 Å². The van der Waals surface area contributed by atoms with Crippen LogP contribution in [-0.4, -0.2) is 48.5 Å². The molecule has 2 N–H and O–H groups in total. The zero-order valence-electron chi connectivity index (χ0n) is 17.0. The summed E-state index contributed by atoms with van der Waals surface area (Å²) in [5.41, 5.74) is 9.45. The molecule has 1 fully saturated rings. The average Bonchev–Trinajstić information content (AvgIpc) is 3.44. The molecule has 2 aromatic heterocycles. The quantitative estimate of drug-likeness (QED) is 0.602. The maximum Gasteiger partial charge on any atom is 0.160 e. The standard InChI is InChI=1S/C21H26ClN5O2/c1-13-20(23)24-19-11-18(16-7-6-15(29-3)10-17(16)22)25-27(19)21(13)26(8-9-28-2)12-14-4-5-14/h6-7,10-11,14H,4-5,8-9,12H2,1-3H3,(H2,23,24). The minimum absolute atomic E-state index is 0.512. The summed E-state index contributed by atoms with van der Waals surface area (Å²) in [7, 11) is 3.34. The summed E-state index contributed by atoms with van der Waals surface area (Å²) < 4.78 is 12.5. The predicted molar refractivity (Wildman–Crippen MR) is 116 cm³/mol. The summed E-state index contributed by atoms with van der Waals surface area (Å²) in [5, 5.41) is 5.43. The number of fused-ring (bicyclic) bond motifs is 1. The average molecular weight is 416 g/mol. The maximum absolute atomic E-state index is 6.48. The third-order valence-corrected chi connectivity index (χ3v) is 5.65. The number of methoxy groups -OCH3 is 2. The number of benzene rings is 1. The van der Waals surface area contributed by atoms with E-state index in [-0.39, 0.29) is 0 Å². The number of hydrogen-bond donors (Lipinski definition) is 1. The monoisotopic (exact) mass is 415 g/mol. The summed E-state index contributed by atoms with van der Waals surface area (Å²) >= 11 is 6.48. The molecule has 4 rings (SSSR count). The van der Waals surface area contributed by atoms with Crippen LogP contribution in [-0.2, 0) is 4.74 Å². The van der Waals surface area contributed by atoms with Crippen LogP contribution >= 0.6 is 11.6 Å². The van der Waals surface area contributed by atoms with Gasteiger partial charge in [0.15, 0.2) is 5.65 Å². The Balaban J connectivity index is 1.82. The first-order valence-electron chi connectivity index (χ1n) is 9.75. The second-order valence-corrected chi connectivity index (χ2v) is 7.88. The number of halogens is 1. The van der Waals surface area contributed by atoms with Crippen LogP contribution in [0.1, 0.15) is 18.4 Å². The summed E-state index contributed by atoms with van der Waals surface area (Å²) in [6, 6.07) is 7.48. The lowest BCUT2D eigenvalue weighted by atomic mass is 10.1. The minimum Gasteiger partial charge on any atom is -0.497 e. The smallest absolute Gasteiger partial charge is 0.160 e. The summed E-state index contributed by atoms with van der Waals surface area (Å²) in [6.07, 6.45) is 2.52. The van der Waals surface area contributed by atoms with Crippen molar-refractivity contribution in [1.29, 1.82) is 0 Å². The van der Waals surface area contributed by atoms with E-state index in [1.54, 1.807) is 20.3 Å². The Morgan fingerprint density at radius 1 is 1.28 bits per heavy atom. The van der Waals surface area contributed by atoms with Crippen LogP contribution in [0.2, 0.25) is 5.02 Å². The van der Waals surface area contributed by atoms with E-state index in [2.05, 4.69) is 9.88 Å². The lowest BCUT2D eigenvalue weighted by Crippen LogP contribution is -2.32. The molecule has 0 saturated heterocycles. The summed E-state index contributed by atoms with van der Waals surface area (Å²) in [6.45, 7) is 4.35. The molecular weight excluding hydrogens is 390 g/mol. The second-order valence-electron chi connectivity index (χ2n) is 7.47. The number of nitrogen functional groups attached to an aromatic ring is 1. The maximum atomic E-state index is 6.48. The first-order chi connectivity index (χ1) is 14.0. The highest BCUT2D eigenvalue weighted by Gasteiger charge is 2.27. The van der Waals surface area contributed by atoms with Crippen LogP contribution in [0, 0.1) is 12.8 Å². The van der Waals surface area contributed by atoms with Gasteiger partial charge in [0.05, 0.1) is 24.4 Å². The Morgan fingerprint density at radius 2 is 2.07 bits per heavy atom. The van der Waals surface area contributed by atoms with Gasteiger partial charge < -0.3 is 20.1 Å². The Hall–Kier alpha value is -2.51. The van der Waals surface area contributed by atoms with Crippen molar-refractivity contribution >= 4 is 28.9 Å². The number of aromatic nitrogens is 3. The number of anilines is 2. The van der Waals surface area contributed by atoms with Crippen molar-refractivity contribution in [1.82, 2.24) is 14.6 Å². The molecule has 0 bridgehead atoms. The number of ether oxygens (including phenoxy) is 2. The van der Waals surface area contributed by atoms with Gasteiger partial charge in [0, 0.05) is 37.4 Å². The third kappa shape index (κ3) is 3.97. The first-order valence-corrected chi connectivity index (χ1v) is 10.1. The van der Waals surface area contributed by atoms with Gasteiger partial charge in [0.2, 0.25) is 0 Å². The first kappa shape index (κ1) is 19.8. The van der Waals surface area contributed by atoms with E-state index in [4.69, 9.17) is 31.9 Å². The molecule has 1 saturated carbocycles. The van der Waals surface area contributed by atoms with Gasteiger partial charge in [-0.15, -0.1) is 0 Å². The molecule has 29 heavy (non-hydrogen) atoms. The van der Waals surface area contributed by atoms with Gasteiger partial charge in [0.1, 0.15) is 17.4 Å². The zero-order chi connectivity index (χ0) is 20.5. The topological polar surface area (TPSA) is 77.9 Å². The van der Waals surface area contributed by atoms with Gasteiger partial charge in [-0.25, -0.2) is 4.98 Å². The lowest BCUT2D eigenvalue weighted by Gasteiger charge is -2.27. The lowest BCUT2D eigenvalue weighted by molar-refractivity contribution is 0.204. The predicted octanol–water partition coefficient (Wildman–Crippen LogP) is 3.81. The van der Waals surface area contributed by atoms with E-state index in [1.807, 2.05) is 29.6 Å². The molecule has 0 amide bonds. The molecular formula is C21H26ClN5O2. The molecule has 1 aromatic carbocycles. The van der Waals surface area contributed by atoms with E-state index in [1.165, 1.54) is 12.8 Å². The minimum atomic E-state index is 0.512. The fourth-order valence-electron chi connectivity index (χ4n) is 3.52. The van der Waals surface area contributed by atoms with Crippen molar-refractivity contribution < 1.29 is 9.47 Å². The molecule has 2 heterocycles. The molecule has 0 atom stereocenters. The SMILES string of the molecule is COCCN(CC1CC1)c1c(C)c(N)nc2cc(-c3ccc(OC)cc3Cl)nn12.